The van der Waals surface area contributed by atoms with Crippen LogP contribution in [0.25, 0.3) is 0 Å². The van der Waals surface area contributed by atoms with Crippen molar-refractivity contribution < 1.29 is 9.59 Å². The second kappa shape index (κ2) is 10.3. The first kappa shape index (κ1) is 24.9. The highest BCUT2D eigenvalue weighted by atomic mass is 16.2. The summed E-state index contributed by atoms with van der Waals surface area (Å²) in [6, 6.07) is 10.4. The third-order valence-electron chi connectivity index (χ3n) is 7.80. The van der Waals surface area contributed by atoms with E-state index in [-0.39, 0.29) is 23.9 Å². The van der Waals surface area contributed by atoms with E-state index in [1.54, 1.807) is 17.3 Å². The smallest absolute Gasteiger partial charge is 0.257 e. The number of hydrogen-bond acceptors (Lipinski definition) is 6. The van der Waals surface area contributed by atoms with Crippen LogP contribution in [-0.4, -0.2) is 69.8 Å². The normalized spacial score (nSPS) is 17.4. The predicted molar refractivity (Wildman–Crippen MR) is 143 cm³/mol. The number of pyridine rings is 1. The minimum absolute atomic E-state index is 0.0351. The summed E-state index contributed by atoms with van der Waals surface area (Å²) in [7, 11) is 3.73. The zero-order valence-electron chi connectivity index (χ0n) is 22.0. The van der Waals surface area contributed by atoms with Crippen molar-refractivity contribution in [2.45, 2.75) is 51.6 Å². The van der Waals surface area contributed by atoms with Crippen molar-refractivity contribution in [1.29, 1.82) is 0 Å². The molecule has 2 aromatic heterocycles. The van der Waals surface area contributed by atoms with Crippen LogP contribution in [0.3, 0.4) is 0 Å². The lowest BCUT2D eigenvalue weighted by Crippen LogP contribution is -2.45. The lowest BCUT2D eigenvalue weighted by atomic mass is 9.99. The van der Waals surface area contributed by atoms with Gasteiger partial charge in [0, 0.05) is 68.3 Å². The molecule has 0 bridgehead atoms. The molecule has 1 saturated heterocycles. The average molecular weight is 499 g/mol. The van der Waals surface area contributed by atoms with Gasteiger partial charge in [0.25, 0.3) is 11.8 Å². The number of hydrogen-bond donors (Lipinski definition) is 0. The Morgan fingerprint density at radius 3 is 2.19 bits per heavy atom. The van der Waals surface area contributed by atoms with Gasteiger partial charge in [-0.2, -0.15) is 0 Å². The Morgan fingerprint density at radius 2 is 1.51 bits per heavy atom. The molecule has 5 rings (SSSR count). The Balaban J connectivity index is 1.27. The van der Waals surface area contributed by atoms with E-state index in [0.29, 0.717) is 11.1 Å². The Bertz CT molecular complexity index is 1280. The largest absolute Gasteiger partial charge is 0.371 e. The average Bonchev–Trinajstić information content (AvgIpc) is 3.35. The minimum Gasteiger partial charge on any atom is -0.371 e. The summed E-state index contributed by atoms with van der Waals surface area (Å²) in [5.41, 5.74) is 6.68. The number of amides is 2. The van der Waals surface area contributed by atoms with Crippen LogP contribution in [0.2, 0.25) is 0 Å². The molecule has 1 atom stereocenters. The highest BCUT2D eigenvalue weighted by Crippen LogP contribution is 2.36. The molecule has 3 aromatic rings. The number of anilines is 1. The quantitative estimate of drug-likeness (QED) is 0.529. The van der Waals surface area contributed by atoms with E-state index >= 15 is 0 Å². The summed E-state index contributed by atoms with van der Waals surface area (Å²) < 4.78 is 0. The minimum atomic E-state index is -0.112. The van der Waals surface area contributed by atoms with E-state index in [0.717, 1.165) is 55.7 Å². The number of fused-ring (bicyclic) bond motifs is 1. The summed E-state index contributed by atoms with van der Waals surface area (Å²) in [4.78, 5) is 45.0. The van der Waals surface area contributed by atoms with Crippen molar-refractivity contribution in [2.24, 2.45) is 0 Å². The number of rotatable bonds is 5. The van der Waals surface area contributed by atoms with E-state index < -0.39 is 0 Å². The van der Waals surface area contributed by atoms with Crippen LogP contribution in [0.15, 0.2) is 49.1 Å². The van der Waals surface area contributed by atoms with Crippen molar-refractivity contribution in [3.8, 4) is 0 Å². The van der Waals surface area contributed by atoms with E-state index in [9.17, 15) is 9.59 Å². The molecule has 1 aliphatic carbocycles. The predicted octanol–water partition coefficient (Wildman–Crippen LogP) is 3.99. The molecular formula is C29H34N6O2. The summed E-state index contributed by atoms with van der Waals surface area (Å²) in [5, 5.41) is 0. The Labute approximate surface area is 218 Å². The number of aromatic nitrogens is 3. The monoisotopic (exact) mass is 498 g/mol. The first-order valence-electron chi connectivity index (χ1n) is 12.9. The molecule has 192 valence electrons. The lowest BCUT2D eigenvalue weighted by Gasteiger charge is -2.38. The van der Waals surface area contributed by atoms with Crippen LogP contribution in [-0.2, 0) is 6.42 Å². The molecule has 0 saturated carbocycles. The van der Waals surface area contributed by atoms with Gasteiger partial charge < -0.3 is 14.7 Å². The maximum atomic E-state index is 13.5. The van der Waals surface area contributed by atoms with Gasteiger partial charge in [-0.25, -0.2) is 9.97 Å². The molecule has 8 nitrogen and oxygen atoms in total. The zero-order valence-corrected chi connectivity index (χ0v) is 22.0. The Hall–Kier alpha value is -3.81. The number of piperidine rings is 1. The second-order valence-electron chi connectivity index (χ2n) is 10.3. The van der Waals surface area contributed by atoms with Crippen LogP contribution in [0.5, 0.6) is 0 Å². The van der Waals surface area contributed by atoms with Gasteiger partial charge in [-0.3, -0.25) is 14.6 Å². The molecule has 2 amide bonds. The van der Waals surface area contributed by atoms with E-state index in [2.05, 4.69) is 38.1 Å². The number of aryl methyl sites for hydroxylation is 3. The first-order chi connectivity index (χ1) is 17.8. The molecular weight excluding hydrogens is 464 g/mol. The number of benzene rings is 1. The zero-order chi connectivity index (χ0) is 26.1. The second-order valence-corrected chi connectivity index (χ2v) is 10.3. The van der Waals surface area contributed by atoms with Crippen molar-refractivity contribution in [1.82, 2.24) is 24.8 Å². The lowest BCUT2D eigenvalue weighted by molar-refractivity contribution is 0.0709. The molecule has 1 aliphatic heterocycles. The van der Waals surface area contributed by atoms with Gasteiger partial charge in [-0.1, -0.05) is 6.07 Å². The van der Waals surface area contributed by atoms with E-state index in [1.807, 2.05) is 45.0 Å². The molecule has 2 aliphatic rings. The molecule has 8 heteroatoms. The maximum absolute atomic E-state index is 13.5. The van der Waals surface area contributed by atoms with Crippen LogP contribution in [0, 0.1) is 13.8 Å². The van der Waals surface area contributed by atoms with Crippen molar-refractivity contribution in [2.75, 3.05) is 32.1 Å². The van der Waals surface area contributed by atoms with E-state index in [1.165, 1.54) is 17.6 Å². The number of carbonyl (C=O) groups excluding carboxylic acids is 2. The van der Waals surface area contributed by atoms with Gasteiger partial charge >= 0.3 is 0 Å². The molecule has 3 heterocycles. The standard InChI is InChI=1S/C29H34N6O2/c1-19-13-25(14-20(2)32-19)35-11-9-24(10-12-35)33(3)28(36)22-6-5-21-7-8-27(26(21)15-22)34(4)29(37)23-16-30-18-31-17-23/h5-6,13-18,24,27H,7-12H2,1-4H3. The Morgan fingerprint density at radius 1 is 0.865 bits per heavy atom. The topological polar surface area (TPSA) is 82.5 Å². The van der Waals surface area contributed by atoms with Gasteiger partial charge in [-0.05, 0) is 74.9 Å². The fraction of sp³-hybridized carbons (Fsp3) is 0.414. The molecule has 37 heavy (non-hydrogen) atoms. The molecule has 1 aromatic carbocycles. The number of nitrogens with zero attached hydrogens (tertiary/aromatic N) is 6. The maximum Gasteiger partial charge on any atom is 0.257 e. The third kappa shape index (κ3) is 5.05. The van der Waals surface area contributed by atoms with Gasteiger partial charge in [0.1, 0.15) is 6.33 Å². The first-order valence-corrected chi connectivity index (χ1v) is 12.9. The Kier molecular flexibility index (Phi) is 6.91. The third-order valence-corrected chi connectivity index (χ3v) is 7.80. The van der Waals surface area contributed by atoms with Crippen LogP contribution < -0.4 is 4.90 Å². The molecule has 0 radical (unpaired) electrons. The highest BCUT2D eigenvalue weighted by molar-refractivity contribution is 5.95. The summed E-state index contributed by atoms with van der Waals surface area (Å²) in [5.74, 6) is -0.0772. The summed E-state index contributed by atoms with van der Waals surface area (Å²) >= 11 is 0. The van der Waals surface area contributed by atoms with Crippen LogP contribution in [0.4, 0.5) is 5.69 Å². The van der Waals surface area contributed by atoms with Crippen molar-refractivity contribution >= 4 is 17.5 Å². The van der Waals surface area contributed by atoms with Gasteiger partial charge in [-0.15, -0.1) is 0 Å². The molecule has 0 N–H and O–H groups in total. The fourth-order valence-electron chi connectivity index (χ4n) is 5.75. The van der Waals surface area contributed by atoms with E-state index in [4.69, 9.17) is 0 Å². The van der Waals surface area contributed by atoms with Gasteiger partial charge in [0.2, 0.25) is 0 Å². The van der Waals surface area contributed by atoms with Gasteiger partial charge in [0.05, 0.1) is 11.6 Å². The molecule has 0 spiro atoms. The highest BCUT2D eigenvalue weighted by Gasteiger charge is 2.32. The molecule has 1 fully saturated rings. The summed E-state index contributed by atoms with van der Waals surface area (Å²) in [6.07, 6.45) is 8.07. The van der Waals surface area contributed by atoms with Crippen molar-refractivity contribution in [3.63, 3.8) is 0 Å². The number of carbonyl (C=O) groups is 2. The van der Waals surface area contributed by atoms with Crippen molar-refractivity contribution in [3.05, 3.63) is 82.7 Å². The summed E-state index contributed by atoms with van der Waals surface area (Å²) in [6.45, 7) is 5.88. The van der Waals surface area contributed by atoms with Crippen LogP contribution >= 0.6 is 0 Å². The molecule has 1 unspecified atom stereocenters. The fourth-order valence-corrected chi connectivity index (χ4v) is 5.75. The van der Waals surface area contributed by atoms with Crippen LogP contribution in [0.1, 0.15) is 68.5 Å². The SMILES string of the molecule is Cc1cc(N2CCC(N(C)C(=O)c3ccc4c(c3)C(N(C)C(=O)c3cncnc3)CC4)CC2)cc(C)n1. The van der Waals surface area contributed by atoms with Gasteiger partial charge in [0.15, 0.2) is 0 Å².